The molecule has 2 aliphatic rings. The van der Waals surface area contributed by atoms with E-state index in [-0.39, 0.29) is 23.9 Å². The number of nitrogens with zero attached hydrogens (tertiary/aromatic N) is 1. The molecule has 2 saturated heterocycles. The quantitative estimate of drug-likeness (QED) is 0.597. The zero-order chi connectivity index (χ0) is 11.0. The van der Waals surface area contributed by atoms with Crippen molar-refractivity contribution in [2.24, 2.45) is 5.73 Å². The van der Waals surface area contributed by atoms with E-state index in [2.05, 4.69) is 5.32 Å². The fourth-order valence-corrected chi connectivity index (χ4v) is 2.47. The molecule has 5 nitrogen and oxygen atoms in total. The largest absolute Gasteiger partial charge is 0.354 e. The first-order valence-corrected chi connectivity index (χ1v) is 5.44. The molecule has 0 spiro atoms. The van der Waals surface area contributed by atoms with Crippen LogP contribution in [-0.4, -0.2) is 41.4 Å². The van der Waals surface area contributed by atoms with Crippen molar-refractivity contribution in [2.45, 2.75) is 44.3 Å². The van der Waals surface area contributed by atoms with Crippen LogP contribution in [0.1, 0.15) is 26.2 Å². The summed E-state index contributed by atoms with van der Waals surface area (Å²) in [7, 11) is 0. The van der Waals surface area contributed by atoms with Gasteiger partial charge in [-0.25, -0.2) is 0 Å². The van der Waals surface area contributed by atoms with Gasteiger partial charge in [-0.3, -0.25) is 9.59 Å². The van der Waals surface area contributed by atoms with Gasteiger partial charge in [0.15, 0.2) is 0 Å². The highest BCUT2D eigenvalue weighted by atomic mass is 16.2. The van der Waals surface area contributed by atoms with Crippen LogP contribution < -0.4 is 11.1 Å². The predicted octanol–water partition coefficient (Wildman–Crippen LogP) is -0.787. The van der Waals surface area contributed by atoms with Crippen LogP contribution in [0.5, 0.6) is 0 Å². The summed E-state index contributed by atoms with van der Waals surface area (Å²) in [6, 6.07) is -0.253. The lowest BCUT2D eigenvalue weighted by Crippen LogP contribution is -2.49. The van der Waals surface area contributed by atoms with Gasteiger partial charge in [-0.15, -0.1) is 0 Å². The van der Waals surface area contributed by atoms with Crippen LogP contribution in [0.3, 0.4) is 0 Å². The molecule has 15 heavy (non-hydrogen) atoms. The summed E-state index contributed by atoms with van der Waals surface area (Å²) in [4.78, 5) is 25.0. The van der Waals surface area contributed by atoms with E-state index >= 15 is 0 Å². The number of rotatable bonds is 1. The second-order valence-corrected chi connectivity index (χ2v) is 4.43. The summed E-state index contributed by atoms with van der Waals surface area (Å²) in [5.41, 5.74) is 5.61. The third-order valence-corrected chi connectivity index (χ3v) is 3.22. The SMILES string of the molecule is C[C@H](N)C(=O)N1C2CCC1CC(=O)NC2. The molecule has 0 aromatic carbocycles. The van der Waals surface area contributed by atoms with Crippen molar-refractivity contribution in [3.05, 3.63) is 0 Å². The highest BCUT2D eigenvalue weighted by Crippen LogP contribution is 2.28. The van der Waals surface area contributed by atoms with Crippen molar-refractivity contribution in [2.75, 3.05) is 6.54 Å². The second kappa shape index (κ2) is 3.81. The number of carbonyl (C=O) groups excluding carboxylic acids is 2. The third-order valence-electron chi connectivity index (χ3n) is 3.22. The zero-order valence-corrected chi connectivity index (χ0v) is 8.90. The number of nitrogens with two attached hydrogens (primary N) is 1. The minimum absolute atomic E-state index is 0.0287. The van der Waals surface area contributed by atoms with Gasteiger partial charge in [0.25, 0.3) is 0 Å². The average molecular weight is 211 g/mol. The lowest BCUT2D eigenvalue weighted by Gasteiger charge is -2.28. The molecular formula is C10H17N3O2. The van der Waals surface area contributed by atoms with Crippen molar-refractivity contribution in [1.82, 2.24) is 10.2 Å². The maximum Gasteiger partial charge on any atom is 0.239 e. The summed E-state index contributed by atoms with van der Waals surface area (Å²) >= 11 is 0. The van der Waals surface area contributed by atoms with Crippen LogP contribution in [0, 0.1) is 0 Å². The molecule has 84 valence electrons. The summed E-state index contributed by atoms with van der Waals surface area (Å²) in [5.74, 6) is 0.0173. The van der Waals surface area contributed by atoms with Crippen LogP contribution in [0.25, 0.3) is 0 Å². The Morgan fingerprint density at radius 3 is 2.87 bits per heavy atom. The van der Waals surface area contributed by atoms with Gasteiger partial charge >= 0.3 is 0 Å². The molecule has 3 N–H and O–H groups in total. The molecule has 0 saturated carbocycles. The van der Waals surface area contributed by atoms with E-state index < -0.39 is 6.04 Å². The standard InChI is InChI=1S/C10H17N3O2/c1-6(11)10(15)13-7-2-3-8(13)5-12-9(14)4-7/h6-8H,2-5,11H2,1H3,(H,12,14)/t6-,7?,8?/m0/s1. The minimum atomic E-state index is -0.471. The van der Waals surface area contributed by atoms with Crippen molar-refractivity contribution < 1.29 is 9.59 Å². The maximum absolute atomic E-state index is 11.9. The fraction of sp³-hybridized carbons (Fsp3) is 0.800. The molecule has 0 aromatic heterocycles. The van der Waals surface area contributed by atoms with Crippen molar-refractivity contribution in [3.63, 3.8) is 0 Å². The summed E-state index contributed by atoms with van der Waals surface area (Å²) in [5, 5.41) is 2.83. The molecule has 2 aliphatic heterocycles. The highest BCUT2D eigenvalue weighted by Gasteiger charge is 2.40. The van der Waals surface area contributed by atoms with E-state index in [9.17, 15) is 9.59 Å². The number of hydrogen-bond donors (Lipinski definition) is 2. The van der Waals surface area contributed by atoms with E-state index in [0.29, 0.717) is 13.0 Å². The van der Waals surface area contributed by atoms with Gasteiger partial charge in [-0.05, 0) is 19.8 Å². The van der Waals surface area contributed by atoms with Crippen molar-refractivity contribution in [3.8, 4) is 0 Å². The first kappa shape index (κ1) is 10.4. The van der Waals surface area contributed by atoms with Crippen LogP contribution in [-0.2, 0) is 9.59 Å². The van der Waals surface area contributed by atoms with E-state index in [1.165, 1.54) is 0 Å². The number of amides is 2. The van der Waals surface area contributed by atoms with E-state index in [1.807, 2.05) is 4.90 Å². The molecule has 0 aromatic rings. The number of fused-ring (bicyclic) bond motifs is 2. The molecule has 2 fully saturated rings. The summed E-state index contributed by atoms with van der Waals surface area (Å²) < 4.78 is 0. The Labute approximate surface area is 89.0 Å². The van der Waals surface area contributed by atoms with E-state index in [4.69, 9.17) is 5.73 Å². The van der Waals surface area contributed by atoms with Gasteiger partial charge in [0.05, 0.1) is 6.04 Å². The van der Waals surface area contributed by atoms with Gasteiger partial charge in [-0.1, -0.05) is 0 Å². The van der Waals surface area contributed by atoms with Crippen molar-refractivity contribution in [1.29, 1.82) is 0 Å². The Kier molecular flexibility index (Phi) is 2.65. The fourth-order valence-electron chi connectivity index (χ4n) is 2.47. The molecule has 2 bridgehead atoms. The van der Waals surface area contributed by atoms with Crippen LogP contribution in [0.2, 0.25) is 0 Å². The number of hydrogen-bond acceptors (Lipinski definition) is 3. The third kappa shape index (κ3) is 1.84. The van der Waals surface area contributed by atoms with E-state index in [1.54, 1.807) is 6.92 Å². The monoisotopic (exact) mass is 211 g/mol. The molecule has 0 aliphatic carbocycles. The van der Waals surface area contributed by atoms with E-state index in [0.717, 1.165) is 12.8 Å². The Balaban J connectivity index is 2.17. The molecule has 2 unspecified atom stereocenters. The molecule has 5 heteroatoms. The van der Waals surface area contributed by atoms with Gasteiger partial charge in [0.2, 0.25) is 11.8 Å². The molecule has 3 atom stereocenters. The van der Waals surface area contributed by atoms with Gasteiger partial charge in [0.1, 0.15) is 0 Å². The van der Waals surface area contributed by atoms with Crippen LogP contribution in [0.15, 0.2) is 0 Å². The number of nitrogens with one attached hydrogen (secondary N) is 1. The highest BCUT2D eigenvalue weighted by molar-refractivity contribution is 5.84. The van der Waals surface area contributed by atoms with Crippen LogP contribution in [0.4, 0.5) is 0 Å². The number of carbonyl (C=O) groups is 2. The normalized spacial score (nSPS) is 32.1. The Morgan fingerprint density at radius 1 is 1.53 bits per heavy atom. The second-order valence-electron chi connectivity index (χ2n) is 4.43. The van der Waals surface area contributed by atoms with Crippen LogP contribution >= 0.6 is 0 Å². The molecular weight excluding hydrogens is 194 g/mol. The smallest absolute Gasteiger partial charge is 0.239 e. The van der Waals surface area contributed by atoms with Gasteiger partial charge in [0, 0.05) is 25.0 Å². The molecule has 2 heterocycles. The maximum atomic E-state index is 11.9. The molecule has 2 amide bonds. The summed E-state index contributed by atoms with van der Waals surface area (Å²) in [6.45, 7) is 2.27. The molecule has 2 rings (SSSR count). The van der Waals surface area contributed by atoms with Crippen molar-refractivity contribution >= 4 is 11.8 Å². The first-order valence-electron chi connectivity index (χ1n) is 5.44. The zero-order valence-electron chi connectivity index (χ0n) is 8.90. The average Bonchev–Trinajstić information content (AvgIpc) is 2.47. The Hall–Kier alpha value is -1.10. The molecule has 0 radical (unpaired) electrons. The Bertz CT molecular complexity index is 290. The van der Waals surface area contributed by atoms with Gasteiger partial charge < -0.3 is 16.0 Å². The lowest BCUT2D eigenvalue weighted by atomic mass is 10.1. The topological polar surface area (TPSA) is 75.4 Å². The first-order chi connectivity index (χ1) is 7.09. The Morgan fingerprint density at radius 2 is 2.20 bits per heavy atom. The minimum Gasteiger partial charge on any atom is -0.354 e. The lowest BCUT2D eigenvalue weighted by molar-refractivity contribution is -0.134. The predicted molar refractivity (Wildman–Crippen MR) is 54.9 cm³/mol. The van der Waals surface area contributed by atoms with Gasteiger partial charge in [-0.2, -0.15) is 0 Å². The summed E-state index contributed by atoms with van der Waals surface area (Å²) in [6.07, 6.45) is 2.33.